The molecule has 1 fully saturated rings. The number of nitrogens with one attached hydrogen (secondary N) is 2. The molecule has 4 N–H and O–H groups in total. The van der Waals surface area contributed by atoms with E-state index in [-0.39, 0.29) is 47.4 Å². The number of halogens is 3. The zero-order valence-electron chi connectivity index (χ0n) is 25.4. The van der Waals surface area contributed by atoms with E-state index in [1.165, 1.54) is 26.5 Å². The van der Waals surface area contributed by atoms with Crippen LogP contribution in [0, 0.1) is 0 Å². The van der Waals surface area contributed by atoms with Crippen LogP contribution >= 0.6 is 11.6 Å². The number of hydrogen-bond acceptors (Lipinski definition) is 3. The largest absolute Gasteiger partial charge is 0.370 e. The van der Waals surface area contributed by atoms with E-state index in [0.29, 0.717) is 11.5 Å². The second-order valence-electron chi connectivity index (χ2n) is 10.8. The minimum absolute atomic E-state index is 0.0000420. The summed E-state index contributed by atoms with van der Waals surface area (Å²) in [5.41, 5.74) is 6.48. The van der Waals surface area contributed by atoms with Crippen LogP contribution in [-0.4, -0.2) is 29.1 Å². The number of aromatic nitrogens is 1. The van der Waals surface area contributed by atoms with E-state index in [9.17, 15) is 18.8 Å². The summed E-state index contributed by atoms with van der Waals surface area (Å²) in [4.78, 5) is 40.8. The molecule has 0 saturated heterocycles. The Bertz CT molecular complexity index is 1520. The number of ketones is 1. The number of amides is 2. The maximum Gasteiger partial charge on any atom is 0.253 e. The second kappa shape index (κ2) is 16.7. The number of benzene rings is 2. The van der Waals surface area contributed by atoms with Crippen molar-refractivity contribution in [3.63, 3.8) is 0 Å². The molecule has 0 bridgehead atoms. The number of nitrogens with two attached hydrogens (primary N) is 1. The Morgan fingerprint density at radius 2 is 1.68 bits per heavy atom. The number of hydrogen-bond donors (Lipinski definition) is 3. The van der Waals surface area contributed by atoms with Crippen molar-refractivity contribution in [2.24, 2.45) is 5.73 Å². The highest BCUT2D eigenvalue weighted by molar-refractivity contribution is 6.30. The van der Waals surface area contributed by atoms with Crippen LogP contribution in [0.2, 0.25) is 5.02 Å². The van der Waals surface area contributed by atoms with Crippen molar-refractivity contribution in [2.45, 2.75) is 71.6 Å². The Morgan fingerprint density at radius 3 is 2.25 bits per heavy atom. The van der Waals surface area contributed by atoms with Gasteiger partial charge in [-0.05, 0) is 68.4 Å². The van der Waals surface area contributed by atoms with Crippen LogP contribution in [0.3, 0.4) is 0 Å². The first-order chi connectivity index (χ1) is 21.0. The van der Waals surface area contributed by atoms with Gasteiger partial charge < -0.3 is 16.0 Å². The van der Waals surface area contributed by atoms with Gasteiger partial charge in [-0.3, -0.25) is 14.4 Å². The van der Waals surface area contributed by atoms with Gasteiger partial charge in [0.15, 0.2) is 0 Å². The third-order valence-corrected chi connectivity index (χ3v) is 7.94. The Hall–Kier alpha value is -4.04. The van der Waals surface area contributed by atoms with Gasteiger partial charge in [0.1, 0.15) is 11.7 Å². The molecule has 1 saturated carbocycles. The SMILES string of the molecule is CC/C(F)=C(\C(C)=C(/C)F)c1c(C(=O)NCCC(N)=O)c[nH]c1C(=O)c1cccc(C2CCCCC2)c1.Clc1ccccc1. The van der Waals surface area contributed by atoms with Gasteiger partial charge in [-0.1, -0.05) is 74.2 Å². The van der Waals surface area contributed by atoms with Crippen LogP contribution < -0.4 is 11.1 Å². The number of rotatable bonds is 10. The lowest BCUT2D eigenvalue weighted by Gasteiger charge is -2.22. The summed E-state index contributed by atoms with van der Waals surface area (Å²) in [6, 6.07) is 16.8. The van der Waals surface area contributed by atoms with Gasteiger partial charge in [0.25, 0.3) is 5.91 Å². The highest BCUT2D eigenvalue weighted by Gasteiger charge is 2.29. The predicted molar refractivity (Wildman–Crippen MR) is 172 cm³/mol. The molecule has 9 heteroatoms. The maximum atomic E-state index is 15.3. The fourth-order valence-corrected chi connectivity index (χ4v) is 5.39. The van der Waals surface area contributed by atoms with Crippen molar-refractivity contribution >= 4 is 34.8 Å². The summed E-state index contributed by atoms with van der Waals surface area (Å²) in [6.07, 6.45) is 6.82. The highest BCUT2D eigenvalue weighted by Crippen LogP contribution is 2.37. The molecule has 0 atom stereocenters. The first-order valence-electron chi connectivity index (χ1n) is 14.9. The van der Waals surface area contributed by atoms with Crippen LogP contribution in [0.15, 0.2) is 78.0 Å². The normalized spacial score (nSPS) is 14.5. The molecule has 4 rings (SSSR count). The Labute approximate surface area is 262 Å². The van der Waals surface area contributed by atoms with Gasteiger partial charge in [0, 0.05) is 40.9 Å². The lowest BCUT2D eigenvalue weighted by molar-refractivity contribution is -0.117. The molecule has 1 aliphatic carbocycles. The minimum atomic E-state index is -0.648. The average molecular weight is 624 g/mol. The molecular formula is C35H40ClF2N3O3. The zero-order valence-corrected chi connectivity index (χ0v) is 26.2. The third kappa shape index (κ3) is 9.23. The summed E-state index contributed by atoms with van der Waals surface area (Å²) >= 11 is 5.54. The number of H-pyrrole nitrogens is 1. The van der Waals surface area contributed by atoms with E-state index in [1.54, 1.807) is 13.0 Å². The first kappa shape index (κ1) is 34.5. The van der Waals surface area contributed by atoms with Crippen LogP contribution in [0.25, 0.3) is 5.57 Å². The molecule has 0 radical (unpaired) electrons. The van der Waals surface area contributed by atoms with E-state index < -0.39 is 29.3 Å². The lowest BCUT2D eigenvalue weighted by atomic mass is 9.83. The number of aromatic amines is 1. The minimum Gasteiger partial charge on any atom is -0.370 e. The topological polar surface area (TPSA) is 105 Å². The molecule has 1 heterocycles. The summed E-state index contributed by atoms with van der Waals surface area (Å²) in [5, 5.41) is 3.36. The smallest absolute Gasteiger partial charge is 0.253 e. The van der Waals surface area contributed by atoms with Crippen LogP contribution in [0.5, 0.6) is 0 Å². The summed E-state index contributed by atoms with van der Waals surface area (Å²) in [6.45, 7) is 4.16. The standard InChI is InChI=1S/C29H35F2N3O3.C6H5Cl/c1-4-23(31)25(17(2)18(3)30)26-22(29(37)33-14-13-24(32)35)16-34-27(26)28(36)21-12-8-11-20(15-21)19-9-6-5-7-10-19;7-6-4-2-1-3-5-6/h8,11-12,15-16,19,34H,4-7,9-10,13-14H2,1-3H3,(H2,32,35)(H,33,37);1-5H/b18-17+,25-23-;. The number of primary amides is 1. The molecule has 0 spiro atoms. The van der Waals surface area contributed by atoms with Gasteiger partial charge in [-0.25, -0.2) is 8.78 Å². The molecule has 2 aromatic carbocycles. The molecule has 234 valence electrons. The predicted octanol–water partition coefficient (Wildman–Crippen LogP) is 8.59. The van der Waals surface area contributed by atoms with Crippen molar-refractivity contribution in [1.82, 2.24) is 10.3 Å². The van der Waals surface area contributed by atoms with E-state index in [1.807, 2.05) is 48.5 Å². The average Bonchev–Trinajstić information content (AvgIpc) is 3.46. The Balaban J connectivity index is 0.000000662. The van der Waals surface area contributed by atoms with Crippen molar-refractivity contribution in [1.29, 1.82) is 0 Å². The third-order valence-electron chi connectivity index (χ3n) is 7.69. The molecule has 6 nitrogen and oxygen atoms in total. The van der Waals surface area contributed by atoms with Gasteiger partial charge in [0.2, 0.25) is 11.7 Å². The molecule has 2 amide bonds. The van der Waals surface area contributed by atoms with E-state index in [0.717, 1.165) is 36.3 Å². The van der Waals surface area contributed by atoms with Crippen LogP contribution in [-0.2, 0) is 4.79 Å². The molecule has 44 heavy (non-hydrogen) atoms. The van der Waals surface area contributed by atoms with Crippen LogP contribution in [0.1, 0.15) is 109 Å². The quantitative estimate of drug-likeness (QED) is 0.156. The van der Waals surface area contributed by atoms with Crippen molar-refractivity contribution in [2.75, 3.05) is 6.54 Å². The van der Waals surface area contributed by atoms with E-state index in [4.69, 9.17) is 17.3 Å². The molecule has 0 aliphatic heterocycles. The first-order valence-corrected chi connectivity index (χ1v) is 15.3. The van der Waals surface area contributed by atoms with Gasteiger partial charge in [-0.15, -0.1) is 0 Å². The summed E-state index contributed by atoms with van der Waals surface area (Å²) in [5.74, 6) is -2.54. The highest BCUT2D eigenvalue weighted by atomic mass is 35.5. The van der Waals surface area contributed by atoms with Gasteiger partial charge >= 0.3 is 0 Å². The van der Waals surface area contributed by atoms with Crippen molar-refractivity contribution < 1.29 is 23.2 Å². The van der Waals surface area contributed by atoms with E-state index in [2.05, 4.69) is 10.3 Å². The van der Waals surface area contributed by atoms with Crippen molar-refractivity contribution in [3.05, 3.63) is 111 Å². The number of carbonyl (C=O) groups is 3. The fourth-order valence-electron chi connectivity index (χ4n) is 5.24. The Morgan fingerprint density at radius 1 is 1.00 bits per heavy atom. The van der Waals surface area contributed by atoms with Crippen LogP contribution in [0.4, 0.5) is 8.78 Å². The Kier molecular flexibility index (Phi) is 13.1. The second-order valence-corrected chi connectivity index (χ2v) is 11.2. The summed E-state index contributed by atoms with van der Waals surface area (Å²) < 4.78 is 29.7. The zero-order chi connectivity index (χ0) is 32.2. The molecule has 0 unspecified atom stereocenters. The number of carbonyl (C=O) groups excluding carboxylic acids is 3. The molecule has 1 aromatic heterocycles. The lowest BCUT2D eigenvalue weighted by Crippen LogP contribution is -2.28. The van der Waals surface area contributed by atoms with Gasteiger partial charge in [0.05, 0.1) is 11.3 Å². The number of allylic oxidation sites excluding steroid dienone is 4. The molecular weight excluding hydrogens is 584 g/mol. The molecule has 3 aromatic rings. The maximum absolute atomic E-state index is 15.3. The monoisotopic (exact) mass is 623 g/mol. The van der Waals surface area contributed by atoms with E-state index >= 15 is 4.39 Å². The molecule has 1 aliphatic rings. The van der Waals surface area contributed by atoms with Crippen molar-refractivity contribution in [3.8, 4) is 0 Å². The summed E-state index contributed by atoms with van der Waals surface area (Å²) in [7, 11) is 0. The van der Waals surface area contributed by atoms with Gasteiger partial charge in [-0.2, -0.15) is 0 Å². The fraction of sp³-hybridized carbons (Fsp3) is 0.343.